The zero-order valence-electron chi connectivity index (χ0n) is 12.1. The molecule has 0 amide bonds. The lowest BCUT2D eigenvalue weighted by Gasteiger charge is -2.13. The molecule has 1 aliphatic rings. The van der Waals surface area contributed by atoms with Gasteiger partial charge in [0.1, 0.15) is 5.75 Å². The van der Waals surface area contributed by atoms with Gasteiger partial charge in [0.05, 0.1) is 6.04 Å². The average Bonchev–Trinajstić information content (AvgIpc) is 2.92. The zero-order valence-corrected chi connectivity index (χ0v) is 12.1. The van der Waals surface area contributed by atoms with Crippen molar-refractivity contribution in [3.8, 4) is 5.75 Å². The second-order valence-corrected chi connectivity index (χ2v) is 5.25. The fourth-order valence-corrected chi connectivity index (χ4v) is 2.53. The van der Waals surface area contributed by atoms with Crippen molar-refractivity contribution in [3.63, 3.8) is 0 Å². The van der Waals surface area contributed by atoms with E-state index in [1.165, 1.54) is 18.2 Å². The van der Waals surface area contributed by atoms with Gasteiger partial charge in [-0.05, 0) is 36.1 Å². The van der Waals surface area contributed by atoms with Gasteiger partial charge in [0.2, 0.25) is 0 Å². The first-order valence-electron chi connectivity index (χ1n) is 7.01. The number of Topliss-reactive ketones (excluding diaryl/α,β-unsaturated/α-hetero) is 1. The van der Waals surface area contributed by atoms with E-state index >= 15 is 0 Å². The summed E-state index contributed by atoms with van der Waals surface area (Å²) >= 11 is 0. The Morgan fingerprint density at radius 1 is 1.43 bits per heavy atom. The molecule has 124 valence electrons. The van der Waals surface area contributed by atoms with Crippen LogP contribution in [-0.4, -0.2) is 30.8 Å². The van der Waals surface area contributed by atoms with Crippen LogP contribution >= 0.6 is 0 Å². The fourth-order valence-electron chi connectivity index (χ4n) is 2.53. The van der Waals surface area contributed by atoms with E-state index in [0.717, 1.165) is 0 Å². The van der Waals surface area contributed by atoms with Crippen LogP contribution in [0.15, 0.2) is 29.4 Å². The van der Waals surface area contributed by atoms with E-state index < -0.39 is 6.36 Å². The molecule has 1 fully saturated rings. The molecule has 1 N–H and O–H groups in total. The molecule has 0 saturated carbocycles. The fraction of sp³-hybridized carbons (Fsp3) is 0.500. The molecule has 1 aliphatic heterocycles. The number of azide groups is 1. The number of alkyl halides is 3. The summed E-state index contributed by atoms with van der Waals surface area (Å²) < 4.78 is 40.4. The Morgan fingerprint density at radius 2 is 2.22 bits per heavy atom. The molecule has 23 heavy (non-hydrogen) atoms. The van der Waals surface area contributed by atoms with Gasteiger partial charge in [0, 0.05) is 23.9 Å². The summed E-state index contributed by atoms with van der Waals surface area (Å²) in [5, 5.41) is 6.53. The van der Waals surface area contributed by atoms with Gasteiger partial charge in [-0.15, -0.1) is 13.2 Å². The molecule has 0 aliphatic carbocycles. The molecule has 0 aromatic heterocycles. The summed E-state index contributed by atoms with van der Waals surface area (Å²) in [6, 6.07) is 4.97. The molecule has 0 spiro atoms. The smallest absolute Gasteiger partial charge is 0.406 e. The number of benzene rings is 1. The molecule has 9 heteroatoms. The third kappa shape index (κ3) is 5.46. The first-order chi connectivity index (χ1) is 10.9. The van der Waals surface area contributed by atoms with E-state index in [1.54, 1.807) is 6.07 Å². The Labute approximate surface area is 130 Å². The molecule has 2 rings (SSSR count). The lowest BCUT2D eigenvalue weighted by atomic mass is 10.0. The largest absolute Gasteiger partial charge is 0.573 e. The second kappa shape index (κ2) is 7.34. The Hall–Kier alpha value is -2.25. The highest BCUT2D eigenvalue weighted by atomic mass is 19.4. The van der Waals surface area contributed by atoms with E-state index in [-0.39, 0.29) is 36.6 Å². The monoisotopic (exact) mass is 328 g/mol. The summed E-state index contributed by atoms with van der Waals surface area (Å²) in [6.45, 7) is 0.273. The van der Waals surface area contributed by atoms with Gasteiger partial charge in [-0.2, -0.15) is 0 Å². The van der Waals surface area contributed by atoms with Gasteiger partial charge in [0.25, 0.3) is 0 Å². The van der Waals surface area contributed by atoms with E-state index in [9.17, 15) is 18.0 Å². The van der Waals surface area contributed by atoms with Crippen LogP contribution in [0.5, 0.6) is 5.75 Å². The number of rotatable bonds is 6. The molecule has 1 aromatic rings. The molecule has 0 radical (unpaired) electrons. The zero-order chi connectivity index (χ0) is 16.9. The molecule has 2 atom stereocenters. The Bertz CT molecular complexity index is 614. The predicted molar refractivity (Wildman–Crippen MR) is 75.8 cm³/mol. The molecule has 1 heterocycles. The minimum atomic E-state index is -4.76. The number of nitrogens with one attached hydrogen (secondary N) is 1. The number of nitrogens with zero attached hydrogens (tertiary/aromatic N) is 3. The van der Waals surface area contributed by atoms with Gasteiger partial charge in [-0.1, -0.05) is 17.2 Å². The highest BCUT2D eigenvalue weighted by Gasteiger charge is 2.31. The molecule has 0 unspecified atom stereocenters. The average molecular weight is 328 g/mol. The van der Waals surface area contributed by atoms with Crippen LogP contribution in [0.2, 0.25) is 0 Å². The van der Waals surface area contributed by atoms with Crippen LogP contribution in [0.3, 0.4) is 0 Å². The van der Waals surface area contributed by atoms with Gasteiger partial charge in [-0.25, -0.2) is 0 Å². The molecule has 0 bridgehead atoms. The number of ether oxygens (including phenoxy) is 1. The maximum absolute atomic E-state index is 12.2. The summed E-state index contributed by atoms with van der Waals surface area (Å²) in [7, 11) is 0. The third-order valence-electron chi connectivity index (χ3n) is 3.51. The highest BCUT2D eigenvalue weighted by molar-refractivity contribution is 5.86. The van der Waals surface area contributed by atoms with Crippen LogP contribution < -0.4 is 10.1 Å². The molecular weight excluding hydrogens is 313 g/mol. The lowest BCUT2D eigenvalue weighted by molar-refractivity contribution is -0.274. The van der Waals surface area contributed by atoms with Crippen molar-refractivity contribution in [1.29, 1.82) is 0 Å². The molecular formula is C14H15F3N4O2. The van der Waals surface area contributed by atoms with E-state index in [0.29, 0.717) is 18.4 Å². The van der Waals surface area contributed by atoms with Gasteiger partial charge in [0.15, 0.2) is 5.78 Å². The summed E-state index contributed by atoms with van der Waals surface area (Å²) in [4.78, 5) is 14.9. The first kappa shape index (κ1) is 17.1. The van der Waals surface area contributed by atoms with Crippen molar-refractivity contribution < 1.29 is 22.7 Å². The second-order valence-electron chi connectivity index (χ2n) is 5.25. The lowest BCUT2D eigenvalue weighted by Crippen LogP contribution is -2.37. The van der Waals surface area contributed by atoms with Crippen molar-refractivity contribution in [1.82, 2.24) is 5.32 Å². The van der Waals surface area contributed by atoms with Crippen molar-refractivity contribution >= 4 is 5.78 Å². The summed E-state index contributed by atoms with van der Waals surface area (Å²) in [5.74, 6) is -0.457. The van der Waals surface area contributed by atoms with Crippen molar-refractivity contribution in [3.05, 3.63) is 40.3 Å². The minimum absolute atomic E-state index is 0.0148. The minimum Gasteiger partial charge on any atom is -0.406 e. The van der Waals surface area contributed by atoms with Crippen LogP contribution in [-0.2, 0) is 11.2 Å². The Kier molecular flexibility index (Phi) is 5.46. The van der Waals surface area contributed by atoms with E-state index in [2.05, 4.69) is 20.1 Å². The van der Waals surface area contributed by atoms with E-state index in [1.807, 2.05) is 0 Å². The number of carbonyl (C=O) groups excluding carboxylic acids is 1. The highest BCUT2D eigenvalue weighted by Crippen LogP contribution is 2.24. The van der Waals surface area contributed by atoms with Gasteiger partial charge < -0.3 is 10.1 Å². The predicted octanol–water partition coefficient (Wildman–Crippen LogP) is 3.13. The maximum Gasteiger partial charge on any atom is 0.573 e. The van der Waals surface area contributed by atoms with Crippen LogP contribution in [0, 0.1) is 0 Å². The van der Waals surface area contributed by atoms with Crippen molar-refractivity contribution in [2.45, 2.75) is 37.7 Å². The number of hydrogen-bond acceptors (Lipinski definition) is 4. The Morgan fingerprint density at radius 3 is 2.91 bits per heavy atom. The maximum atomic E-state index is 12.2. The standard InChI is InChI=1S/C14H15F3N4O2/c15-14(16,17)23-11-3-1-2-9(6-11)7-13(22)12-5-4-10(20-12)8-19-21-18/h1-3,6,10,12,20H,4-5,7-8H2/t10-,12+/m1/s1. The molecule has 1 aromatic carbocycles. The third-order valence-corrected chi connectivity index (χ3v) is 3.51. The summed E-state index contributed by atoms with van der Waals surface area (Å²) in [6.07, 6.45) is -3.42. The van der Waals surface area contributed by atoms with Crippen molar-refractivity contribution in [2.75, 3.05) is 6.54 Å². The van der Waals surface area contributed by atoms with Crippen LogP contribution in [0.4, 0.5) is 13.2 Å². The molecule has 6 nitrogen and oxygen atoms in total. The first-order valence-corrected chi connectivity index (χ1v) is 7.01. The number of halogens is 3. The van der Waals surface area contributed by atoms with Crippen LogP contribution in [0.1, 0.15) is 18.4 Å². The molecule has 1 saturated heterocycles. The quantitative estimate of drug-likeness (QED) is 0.494. The van der Waals surface area contributed by atoms with Crippen molar-refractivity contribution in [2.24, 2.45) is 5.11 Å². The number of ketones is 1. The van der Waals surface area contributed by atoms with Crippen LogP contribution in [0.25, 0.3) is 10.4 Å². The Balaban J connectivity index is 1.93. The SMILES string of the molecule is [N-]=[N+]=NC[C@H]1CC[C@@H](C(=O)Cc2cccc(OC(F)(F)F)c2)N1. The number of hydrogen-bond donors (Lipinski definition) is 1. The van der Waals surface area contributed by atoms with E-state index in [4.69, 9.17) is 5.53 Å². The topological polar surface area (TPSA) is 87.1 Å². The summed E-state index contributed by atoms with van der Waals surface area (Å²) in [5.41, 5.74) is 8.73. The normalized spacial score (nSPS) is 20.8. The number of carbonyl (C=O) groups is 1. The van der Waals surface area contributed by atoms with Gasteiger partial charge in [-0.3, -0.25) is 4.79 Å². The van der Waals surface area contributed by atoms with Gasteiger partial charge >= 0.3 is 6.36 Å².